The maximum absolute atomic E-state index is 13.5. The fraction of sp³-hybridized carbons (Fsp3) is 0.269. The largest absolute Gasteiger partial charge is 0.324 e. The number of hydrogen-bond acceptors (Lipinski definition) is 3. The van der Waals surface area contributed by atoms with Crippen molar-refractivity contribution in [3.05, 3.63) is 93.5 Å². The summed E-state index contributed by atoms with van der Waals surface area (Å²) in [5.41, 5.74) is 4.75. The van der Waals surface area contributed by atoms with Gasteiger partial charge in [-0.25, -0.2) is 8.42 Å². The highest BCUT2D eigenvalue weighted by Gasteiger charge is 2.27. The number of amides is 1. The van der Waals surface area contributed by atoms with Crippen LogP contribution in [0.2, 0.25) is 0 Å². The summed E-state index contributed by atoms with van der Waals surface area (Å²) < 4.78 is 29.0. The van der Waals surface area contributed by atoms with Crippen LogP contribution in [0.3, 0.4) is 0 Å². The molecule has 0 aliphatic rings. The van der Waals surface area contributed by atoms with E-state index in [1.807, 2.05) is 63.2 Å². The third-order valence-electron chi connectivity index (χ3n) is 5.51. The van der Waals surface area contributed by atoms with Crippen LogP contribution in [0.15, 0.2) is 76.1 Å². The minimum atomic E-state index is -3.89. The second kappa shape index (κ2) is 11.1. The first kappa shape index (κ1) is 25.1. The summed E-state index contributed by atoms with van der Waals surface area (Å²) in [4.78, 5) is 13.3. The SMILES string of the molecule is CCc1cccc(CC)c1NC(=O)CN(Cc1ccc(C)cc1)S(=O)(=O)c1ccc(Br)cc1. The summed E-state index contributed by atoms with van der Waals surface area (Å²) in [6.07, 6.45) is 1.54. The molecule has 33 heavy (non-hydrogen) atoms. The van der Waals surface area contributed by atoms with E-state index in [-0.39, 0.29) is 23.9 Å². The van der Waals surface area contributed by atoms with Gasteiger partial charge in [-0.2, -0.15) is 4.31 Å². The van der Waals surface area contributed by atoms with Gasteiger partial charge in [0.05, 0.1) is 11.4 Å². The molecule has 3 aromatic carbocycles. The van der Waals surface area contributed by atoms with Gasteiger partial charge in [0.2, 0.25) is 15.9 Å². The molecule has 5 nitrogen and oxygen atoms in total. The van der Waals surface area contributed by atoms with Crippen LogP contribution in [0.25, 0.3) is 0 Å². The number of sulfonamides is 1. The van der Waals surface area contributed by atoms with Gasteiger partial charge in [-0.05, 0) is 60.7 Å². The Labute approximate surface area is 205 Å². The second-order valence-corrected chi connectivity index (χ2v) is 10.8. The molecule has 0 heterocycles. The van der Waals surface area contributed by atoms with E-state index in [0.29, 0.717) is 0 Å². The molecule has 0 unspecified atom stereocenters. The Bertz CT molecular complexity index is 1190. The number of hydrogen-bond donors (Lipinski definition) is 1. The molecule has 7 heteroatoms. The molecular weight excluding hydrogens is 500 g/mol. The van der Waals surface area contributed by atoms with E-state index >= 15 is 0 Å². The van der Waals surface area contributed by atoms with Gasteiger partial charge in [-0.15, -0.1) is 0 Å². The van der Waals surface area contributed by atoms with E-state index in [2.05, 4.69) is 21.2 Å². The van der Waals surface area contributed by atoms with Gasteiger partial charge in [0, 0.05) is 16.7 Å². The number of carbonyl (C=O) groups excluding carboxylic acids is 1. The first-order chi connectivity index (χ1) is 15.7. The maximum Gasteiger partial charge on any atom is 0.243 e. The first-order valence-electron chi connectivity index (χ1n) is 11.0. The maximum atomic E-state index is 13.5. The lowest BCUT2D eigenvalue weighted by atomic mass is 10.0. The number of rotatable bonds is 9. The highest BCUT2D eigenvalue weighted by atomic mass is 79.9. The Hall–Kier alpha value is -2.48. The summed E-state index contributed by atoms with van der Waals surface area (Å²) >= 11 is 3.34. The molecule has 0 atom stereocenters. The molecule has 1 amide bonds. The third-order valence-corrected chi connectivity index (χ3v) is 7.85. The lowest BCUT2D eigenvalue weighted by molar-refractivity contribution is -0.116. The van der Waals surface area contributed by atoms with E-state index in [1.165, 1.54) is 4.31 Å². The van der Waals surface area contributed by atoms with E-state index < -0.39 is 10.0 Å². The lowest BCUT2D eigenvalue weighted by Crippen LogP contribution is -2.37. The van der Waals surface area contributed by atoms with Crippen LogP contribution < -0.4 is 5.32 Å². The summed E-state index contributed by atoms with van der Waals surface area (Å²) in [6, 6.07) is 20.0. The molecular formula is C26H29BrN2O3S. The van der Waals surface area contributed by atoms with Crippen molar-refractivity contribution in [3.63, 3.8) is 0 Å². The molecule has 0 spiro atoms. The number of nitrogens with zero attached hydrogens (tertiary/aromatic N) is 1. The molecule has 174 valence electrons. The van der Waals surface area contributed by atoms with Crippen molar-refractivity contribution in [2.24, 2.45) is 0 Å². The quantitative estimate of drug-likeness (QED) is 0.386. The normalized spacial score (nSPS) is 11.5. The fourth-order valence-electron chi connectivity index (χ4n) is 3.62. The topological polar surface area (TPSA) is 66.5 Å². The monoisotopic (exact) mass is 528 g/mol. The molecule has 0 aromatic heterocycles. The summed E-state index contributed by atoms with van der Waals surface area (Å²) in [6.45, 7) is 5.86. The highest BCUT2D eigenvalue weighted by molar-refractivity contribution is 9.10. The van der Waals surface area contributed by atoms with E-state index in [4.69, 9.17) is 0 Å². The Morgan fingerprint density at radius 3 is 2.03 bits per heavy atom. The molecule has 3 aromatic rings. The van der Waals surface area contributed by atoms with Crippen LogP contribution in [0.4, 0.5) is 5.69 Å². The number of para-hydroxylation sites is 1. The molecule has 0 radical (unpaired) electrons. The predicted molar refractivity (Wildman–Crippen MR) is 137 cm³/mol. The summed E-state index contributed by atoms with van der Waals surface area (Å²) in [7, 11) is -3.89. The Morgan fingerprint density at radius 1 is 0.909 bits per heavy atom. The number of carbonyl (C=O) groups is 1. The van der Waals surface area contributed by atoms with Crippen molar-refractivity contribution in [1.29, 1.82) is 0 Å². The zero-order valence-corrected chi connectivity index (χ0v) is 21.5. The van der Waals surface area contributed by atoms with Gasteiger partial charge in [0.25, 0.3) is 0 Å². The number of nitrogens with one attached hydrogen (secondary N) is 1. The number of halogens is 1. The minimum absolute atomic E-state index is 0.0994. The van der Waals surface area contributed by atoms with Crippen molar-refractivity contribution in [2.45, 2.75) is 45.1 Å². The van der Waals surface area contributed by atoms with Crippen molar-refractivity contribution in [2.75, 3.05) is 11.9 Å². The highest BCUT2D eigenvalue weighted by Crippen LogP contribution is 2.24. The van der Waals surface area contributed by atoms with Crippen molar-refractivity contribution >= 4 is 37.5 Å². The molecule has 0 saturated carbocycles. The van der Waals surface area contributed by atoms with Gasteiger partial charge >= 0.3 is 0 Å². The minimum Gasteiger partial charge on any atom is -0.324 e. The van der Waals surface area contributed by atoms with E-state index in [0.717, 1.165) is 45.3 Å². The molecule has 1 N–H and O–H groups in total. The number of anilines is 1. The van der Waals surface area contributed by atoms with Gasteiger partial charge in [-0.1, -0.05) is 77.8 Å². The second-order valence-electron chi connectivity index (χ2n) is 7.92. The predicted octanol–water partition coefficient (Wildman–Crippen LogP) is 5.71. The van der Waals surface area contributed by atoms with Crippen molar-refractivity contribution < 1.29 is 13.2 Å². The fourth-order valence-corrected chi connectivity index (χ4v) is 5.27. The molecule has 0 fully saturated rings. The zero-order chi connectivity index (χ0) is 24.0. The number of aryl methyl sites for hydroxylation is 3. The van der Waals surface area contributed by atoms with Crippen LogP contribution >= 0.6 is 15.9 Å². The van der Waals surface area contributed by atoms with Crippen molar-refractivity contribution in [3.8, 4) is 0 Å². The third kappa shape index (κ3) is 6.31. The molecule has 0 aliphatic heterocycles. The van der Waals surface area contributed by atoms with Crippen LogP contribution in [0.1, 0.15) is 36.1 Å². The summed E-state index contributed by atoms with van der Waals surface area (Å²) in [5.74, 6) is -0.363. The smallest absolute Gasteiger partial charge is 0.243 e. The molecule has 0 aliphatic carbocycles. The summed E-state index contributed by atoms with van der Waals surface area (Å²) in [5, 5.41) is 2.99. The van der Waals surface area contributed by atoms with Gasteiger partial charge in [-0.3, -0.25) is 4.79 Å². The molecule has 3 rings (SSSR count). The molecule has 0 bridgehead atoms. The average Bonchev–Trinajstić information content (AvgIpc) is 2.80. The van der Waals surface area contributed by atoms with E-state index in [1.54, 1.807) is 24.3 Å². The van der Waals surface area contributed by atoms with Crippen LogP contribution in [-0.2, 0) is 34.2 Å². The molecule has 0 saturated heterocycles. The zero-order valence-electron chi connectivity index (χ0n) is 19.1. The van der Waals surface area contributed by atoms with Crippen molar-refractivity contribution in [1.82, 2.24) is 4.31 Å². The van der Waals surface area contributed by atoms with Crippen LogP contribution in [0, 0.1) is 6.92 Å². The Kier molecular flexibility index (Phi) is 8.46. The van der Waals surface area contributed by atoms with Gasteiger partial charge in [0.15, 0.2) is 0 Å². The first-order valence-corrected chi connectivity index (χ1v) is 13.2. The lowest BCUT2D eigenvalue weighted by Gasteiger charge is -2.23. The van der Waals surface area contributed by atoms with Gasteiger partial charge in [0.1, 0.15) is 0 Å². The number of benzene rings is 3. The Morgan fingerprint density at radius 2 is 1.48 bits per heavy atom. The van der Waals surface area contributed by atoms with Gasteiger partial charge < -0.3 is 5.32 Å². The average molecular weight is 530 g/mol. The Balaban J connectivity index is 1.92. The van der Waals surface area contributed by atoms with Crippen LogP contribution in [-0.4, -0.2) is 25.2 Å². The van der Waals surface area contributed by atoms with E-state index in [9.17, 15) is 13.2 Å². The standard InChI is InChI=1S/C26H29BrN2O3S/c1-4-21-7-6-8-22(5-2)26(21)28-25(30)18-29(17-20-11-9-19(3)10-12-20)33(31,32)24-15-13-23(27)14-16-24/h6-16H,4-5,17-18H2,1-3H3,(H,28,30). The van der Waals surface area contributed by atoms with Crippen LogP contribution in [0.5, 0.6) is 0 Å².